The summed E-state index contributed by atoms with van der Waals surface area (Å²) >= 11 is 1.44. The topological polar surface area (TPSA) is 105 Å². The molecule has 0 bridgehead atoms. The number of benzene rings is 2. The van der Waals surface area contributed by atoms with Crippen molar-refractivity contribution in [3.8, 4) is 0 Å². The number of piperazine rings is 1. The van der Waals surface area contributed by atoms with Crippen LogP contribution in [0.15, 0.2) is 53.6 Å². The molecular formula is C26H30N6O4S. The predicted octanol–water partition coefficient (Wildman–Crippen LogP) is 3.59. The van der Waals surface area contributed by atoms with Crippen LogP contribution in [0, 0.1) is 10.1 Å². The third kappa shape index (κ3) is 5.78. The average Bonchev–Trinajstić information content (AvgIpc) is 2.90. The summed E-state index contributed by atoms with van der Waals surface area (Å²) in [6, 6.07) is 14.4. The van der Waals surface area contributed by atoms with Gasteiger partial charge in [-0.2, -0.15) is 0 Å². The van der Waals surface area contributed by atoms with Crippen molar-refractivity contribution >= 4 is 45.9 Å². The molecular weight excluding hydrogens is 492 g/mol. The second-order valence-corrected chi connectivity index (χ2v) is 10.4. The monoisotopic (exact) mass is 522 g/mol. The highest BCUT2D eigenvalue weighted by Gasteiger charge is 2.27. The maximum atomic E-state index is 13.1. The molecule has 194 valence electrons. The maximum Gasteiger partial charge on any atom is 0.269 e. The molecule has 2 unspecified atom stereocenters. The van der Waals surface area contributed by atoms with Crippen LogP contribution in [0.4, 0.5) is 17.2 Å². The van der Waals surface area contributed by atoms with Gasteiger partial charge >= 0.3 is 0 Å². The van der Waals surface area contributed by atoms with Crippen molar-refractivity contribution in [3.05, 3.63) is 58.6 Å². The molecule has 0 aliphatic carbocycles. The van der Waals surface area contributed by atoms with E-state index in [2.05, 4.69) is 23.6 Å². The van der Waals surface area contributed by atoms with E-state index >= 15 is 0 Å². The fraction of sp³-hybridized carbons (Fsp3) is 0.423. The molecule has 2 aliphatic heterocycles. The Morgan fingerprint density at radius 1 is 0.973 bits per heavy atom. The summed E-state index contributed by atoms with van der Waals surface area (Å²) in [5.74, 6) is 1.16. The molecule has 37 heavy (non-hydrogen) atoms. The van der Waals surface area contributed by atoms with E-state index in [0.29, 0.717) is 26.2 Å². The number of amides is 1. The van der Waals surface area contributed by atoms with Crippen molar-refractivity contribution in [2.75, 3.05) is 54.8 Å². The molecule has 10 nitrogen and oxygen atoms in total. The Hall–Kier alpha value is -3.44. The molecule has 1 aromatic heterocycles. The van der Waals surface area contributed by atoms with Gasteiger partial charge in [-0.15, -0.1) is 0 Å². The summed E-state index contributed by atoms with van der Waals surface area (Å²) in [7, 11) is 0. The Morgan fingerprint density at radius 3 is 2.22 bits per heavy atom. The number of nitrogens with zero attached hydrogens (tertiary/aromatic N) is 6. The highest BCUT2D eigenvalue weighted by atomic mass is 32.2. The van der Waals surface area contributed by atoms with Gasteiger partial charge in [0.25, 0.3) is 5.69 Å². The highest BCUT2D eigenvalue weighted by Crippen LogP contribution is 2.31. The van der Waals surface area contributed by atoms with E-state index in [4.69, 9.17) is 14.7 Å². The number of rotatable bonds is 6. The minimum absolute atomic E-state index is 0.0676. The normalized spacial score (nSPS) is 20.3. The Kier molecular flexibility index (Phi) is 7.43. The van der Waals surface area contributed by atoms with E-state index in [9.17, 15) is 14.9 Å². The van der Waals surface area contributed by atoms with Crippen LogP contribution in [-0.4, -0.2) is 82.9 Å². The van der Waals surface area contributed by atoms with Crippen LogP contribution in [-0.2, 0) is 9.53 Å². The number of para-hydroxylation sites is 2. The second kappa shape index (κ2) is 10.9. The molecule has 2 aliphatic rings. The third-order valence-electron chi connectivity index (χ3n) is 6.63. The number of hydrogen-bond donors (Lipinski definition) is 0. The number of non-ortho nitro benzene ring substituents is 1. The largest absolute Gasteiger partial charge is 0.372 e. The molecule has 2 aromatic carbocycles. The number of aromatic nitrogens is 2. The van der Waals surface area contributed by atoms with E-state index in [1.165, 1.54) is 23.9 Å². The lowest BCUT2D eigenvalue weighted by atomic mass is 10.2. The molecule has 3 heterocycles. The Bertz CT molecular complexity index is 1270. The number of morpholine rings is 1. The zero-order valence-corrected chi connectivity index (χ0v) is 21.8. The molecule has 11 heteroatoms. The van der Waals surface area contributed by atoms with Crippen LogP contribution in [0.2, 0.25) is 0 Å². The number of carbonyl (C=O) groups excluding carboxylic acids is 1. The number of hydrogen-bond acceptors (Lipinski definition) is 9. The number of nitro groups is 1. The van der Waals surface area contributed by atoms with Gasteiger partial charge in [-0.1, -0.05) is 23.9 Å². The van der Waals surface area contributed by atoms with Crippen molar-refractivity contribution in [2.45, 2.75) is 31.1 Å². The van der Waals surface area contributed by atoms with E-state index < -0.39 is 4.92 Å². The van der Waals surface area contributed by atoms with Gasteiger partial charge in [-0.3, -0.25) is 14.9 Å². The van der Waals surface area contributed by atoms with E-state index in [1.807, 2.05) is 29.2 Å². The molecule has 3 aromatic rings. The van der Waals surface area contributed by atoms with Gasteiger partial charge < -0.3 is 19.4 Å². The molecule has 1 amide bonds. The fourth-order valence-electron chi connectivity index (χ4n) is 4.85. The van der Waals surface area contributed by atoms with Gasteiger partial charge in [0.2, 0.25) is 5.91 Å². The van der Waals surface area contributed by atoms with E-state index in [-0.39, 0.29) is 29.6 Å². The minimum atomic E-state index is -0.399. The SMILES string of the molecule is CC1CN(c2nc3ccccc3nc2SCC(=O)N2CCN(c3ccc([N+](=O)[O-])cc3)CC2)CC(C)O1. The first-order valence-electron chi connectivity index (χ1n) is 12.4. The third-order valence-corrected chi connectivity index (χ3v) is 7.57. The molecule has 5 rings (SSSR count). The molecule has 0 N–H and O–H groups in total. The average molecular weight is 523 g/mol. The smallest absolute Gasteiger partial charge is 0.269 e. The molecule has 0 saturated carbocycles. The van der Waals surface area contributed by atoms with Crippen molar-refractivity contribution < 1.29 is 14.5 Å². The maximum absolute atomic E-state index is 13.1. The lowest BCUT2D eigenvalue weighted by Crippen LogP contribution is -2.49. The molecule has 2 fully saturated rings. The number of nitro benzene ring substituents is 1. The second-order valence-electron chi connectivity index (χ2n) is 9.43. The summed E-state index contributed by atoms with van der Waals surface area (Å²) in [5, 5.41) is 11.7. The molecule has 2 saturated heterocycles. The van der Waals surface area contributed by atoms with Crippen molar-refractivity contribution in [1.82, 2.24) is 14.9 Å². The van der Waals surface area contributed by atoms with E-state index in [0.717, 1.165) is 40.7 Å². The van der Waals surface area contributed by atoms with Crippen LogP contribution in [0.3, 0.4) is 0 Å². The molecule has 0 spiro atoms. The lowest BCUT2D eigenvalue weighted by Gasteiger charge is -2.37. The van der Waals surface area contributed by atoms with E-state index in [1.54, 1.807) is 12.1 Å². The van der Waals surface area contributed by atoms with Crippen LogP contribution in [0.5, 0.6) is 0 Å². The van der Waals surface area contributed by atoms with Crippen LogP contribution in [0.1, 0.15) is 13.8 Å². The first kappa shape index (κ1) is 25.2. The Morgan fingerprint density at radius 2 is 1.59 bits per heavy atom. The standard InChI is InChI=1S/C26H30N6O4S/c1-18-15-31(16-19(2)36-18)25-26(28-23-6-4-3-5-22(23)27-25)37-17-24(33)30-13-11-29(12-14-30)20-7-9-21(10-8-20)32(34)35/h3-10,18-19H,11-17H2,1-2H3. The van der Waals surface area contributed by atoms with Gasteiger partial charge in [-0.25, -0.2) is 9.97 Å². The minimum Gasteiger partial charge on any atom is -0.372 e. The number of thioether (sulfide) groups is 1. The number of fused-ring (bicyclic) bond motifs is 1. The van der Waals surface area contributed by atoms with Crippen LogP contribution in [0.25, 0.3) is 11.0 Å². The Balaban J connectivity index is 1.24. The fourth-order valence-corrected chi connectivity index (χ4v) is 5.76. The number of ether oxygens (including phenoxy) is 1. The first-order chi connectivity index (χ1) is 17.9. The lowest BCUT2D eigenvalue weighted by molar-refractivity contribution is -0.384. The van der Waals surface area contributed by atoms with Crippen molar-refractivity contribution in [3.63, 3.8) is 0 Å². The van der Waals surface area contributed by atoms with Crippen LogP contribution >= 0.6 is 11.8 Å². The van der Waals surface area contributed by atoms with Gasteiger partial charge in [-0.05, 0) is 38.1 Å². The quantitative estimate of drug-likeness (QED) is 0.273. The number of anilines is 2. The summed E-state index contributed by atoms with van der Waals surface area (Å²) in [6.45, 7) is 8.13. The van der Waals surface area contributed by atoms with Crippen LogP contribution < -0.4 is 9.80 Å². The van der Waals surface area contributed by atoms with Crippen molar-refractivity contribution in [2.24, 2.45) is 0 Å². The summed E-state index contributed by atoms with van der Waals surface area (Å²) in [5.41, 5.74) is 2.65. The first-order valence-corrected chi connectivity index (χ1v) is 13.4. The molecule has 0 radical (unpaired) electrons. The van der Waals surface area contributed by atoms with Gasteiger partial charge in [0, 0.05) is 57.1 Å². The molecule has 2 atom stereocenters. The summed E-state index contributed by atoms with van der Waals surface area (Å²) < 4.78 is 5.91. The number of carbonyl (C=O) groups is 1. The zero-order valence-electron chi connectivity index (χ0n) is 20.9. The zero-order chi connectivity index (χ0) is 25.9. The van der Waals surface area contributed by atoms with Gasteiger partial charge in [0.1, 0.15) is 5.03 Å². The predicted molar refractivity (Wildman–Crippen MR) is 144 cm³/mol. The highest BCUT2D eigenvalue weighted by molar-refractivity contribution is 8.00. The van der Waals surface area contributed by atoms with Gasteiger partial charge in [0.05, 0.1) is 33.9 Å². The van der Waals surface area contributed by atoms with Crippen molar-refractivity contribution in [1.29, 1.82) is 0 Å². The summed E-state index contributed by atoms with van der Waals surface area (Å²) in [4.78, 5) is 39.7. The Labute approximate surface area is 219 Å². The summed E-state index contributed by atoms with van der Waals surface area (Å²) in [6.07, 6.45) is 0.173. The van der Waals surface area contributed by atoms with Gasteiger partial charge in [0.15, 0.2) is 5.82 Å².